The average Bonchev–Trinajstić information content (AvgIpc) is 3.27. The Morgan fingerprint density at radius 3 is 2.86 bits per heavy atom. The van der Waals surface area contributed by atoms with Crippen LogP contribution in [0.1, 0.15) is 35.8 Å². The van der Waals surface area contributed by atoms with E-state index in [1.54, 1.807) is 6.08 Å². The number of terminal acetylenes is 1. The molecule has 0 unspecified atom stereocenters. The molecular formula is C17H20N2O3. The van der Waals surface area contributed by atoms with E-state index in [1.165, 1.54) is 24.6 Å². The third kappa shape index (κ3) is 4.01. The molecule has 1 aromatic heterocycles. The summed E-state index contributed by atoms with van der Waals surface area (Å²) in [6, 6.07) is 2.66. The summed E-state index contributed by atoms with van der Waals surface area (Å²) in [5.41, 5.74) is 3.34. The molecule has 1 aromatic rings. The van der Waals surface area contributed by atoms with Gasteiger partial charge in [-0.1, -0.05) is 5.92 Å². The second-order valence-electron chi connectivity index (χ2n) is 5.35. The van der Waals surface area contributed by atoms with E-state index in [0.717, 1.165) is 11.3 Å². The summed E-state index contributed by atoms with van der Waals surface area (Å²) < 4.78 is 7.15. The molecular weight excluding hydrogens is 280 g/mol. The van der Waals surface area contributed by atoms with Crippen LogP contribution in [0.5, 0.6) is 0 Å². The zero-order valence-corrected chi connectivity index (χ0v) is 12.9. The summed E-state index contributed by atoms with van der Waals surface area (Å²) in [5.74, 6) is 1.31. The second-order valence-corrected chi connectivity index (χ2v) is 5.35. The zero-order valence-electron chi connectivity index (χ0n) is 12.9. The Bertz CT molecular complexity index is 646. The first kappa shape index (κ1) is 15.9. The van der Waals surface area contributed by atoms with Gasteiger partial charge < -0.3 is 14.6 Å². The van der Waals surface area contributed by atoms with Crippen molar-refractivity contribution < 1.29 is 14.3 Å². The summed E-state index contributed by atoms with van der Waals surface area (Å²) in [5, 5.41) is 2.42. The van der Waals surface area contributed by atoms with Crippen molar-refractivity contribution in [2.75, 3.05) is 13.2 Å². The molecule has 5 heteroatoms. The number of aromatic nitrogens is 1. The Hall–Kier alpha value is -2.48. The predicted molar refractivity (Wildman–Crippen MR) is 84.0 cm³/mol. The molecule has 0 bridgehead atoms. The van der Waals surface area contributed by atoms with Gasteiger partial charge in [0.1, 0.15) is 0 Å². The van der Waals surface area contributed by atoms with Crippen LogP contribution >= 0.6 is 0 Å². The van der Waals surface area contributed by atoms with E-state index < -0.39 is 11.9 Å². The first-order chi connectivity index (χ1) is 10.5. The number of nitrogens with one attached hydrogen (secondary N) is 1. The van der Waals surface area contributed by atoms with Crippen molar-refractivity contribution in [3.63, 3.8) is 0 Å². The number of hydrogen-bond acceptors (Lipinski definition) is 3. The van der Waals surface area contributed by atoms with Crippen molar-refractivity contribution in [1.82, 2.24) is 9.88 Å². The van der Waals surface area contributed by atoms with E-state index >= 15 is 0 Å². The van der Waals surface area contributed by atoms with Gasteiger partial charge >= 0.3 is 5.97 Å². The molecule has 116 valence electrons. The average molecular weight is 300 g/mol. The molecule has 0 aliphatic heterocycles. The first-order valence-electron chi connectivity index (χ1n) is 7.26. The van der Waals surface area contributed by atoms with E-state index in [2.05, 4.69) is 28.8 Å². The summed E-state index contributed by atoms with van der Waals surface area (Å²) in [6.07, 6.45) is 10.5. The molecule has 0 saturated heterocycles. The third-order valence-electron chi connectivity index (χ3n) is 3.57. The summed E-state index contributed by atoms with van der Waals surface area (Å²) >= 11 is 0. The number of amides is 1. The summed E-state index contributed by atoms with van der Waals surface area (Å²) in [6.45, 7) is 3.91. The van der Waals surface area contributed by atoms with Gasteiger partial charge in [-0.05, 0) is 44.4 Å². The van der Waals surface area contributed by atoms with Crippen molar-refractivity contribution in [1.29, 1.82) is 0 Å². The van der Waals surface area contributed by atoms with Crippen molar-refractivity contribution in [3.8, 4) is 12.3 Å². The molecule has 2 rings (SSSR count). The van der Waals surface area contributed by atoms with Gasteiger partial charge in [0.25, 0.3) is 5.91 Å². The molecule has 0 radical (unpaired) electrons. The Kier molecular flexibility index (Phi) is 5.05. The SMILES string of the molecule is C#CCNC(=O)COC(=O)/C=C/c1cc(C)n(C2CC2)c1C. The van der Waals surface area contributed by atoms with Gasteiger partial charge in [-0.2, -0.15) is 0 Å². The Labute approximate surface area is 130 Å². The van der Waals surface area contributed by atoms with Crippen molar-refractivity contribution in [2.24, 2.45) is 0 Å². The number of aryl methyl sites for hydroxylation is 1. The topological polar surface area (TPSA) is 60.3 Å². The zero-order chi connectivity index (χ0) is 16.1. The van der Waals surface area contributed by atoms with Crippen molar-refractivity contribution in [2.45, 2.75) is 32.7 Å². The maximum Gasteiger partial charge on any atom is 0.331 e. The number of carbonyl (C=O) groups is 2. The number of carbonyl (C=O) groups excluding carboxylic acids is 2. The van der Waals surface area contributed by atoms with Crippen LogP contribution in [-0.4, -0.2) is 29.6 Å². The minimum absolute atomic E-state index is 0.124. The highest BCUT2D eigenvalue weighted by molar-refractivity contribution is 5.89. The molecule has 0 atom stereocenters. The van der Waals surface area contributed by atoms with E-state index in [1.807, 2.05) is 6.92 Å². The lowest BCUT2D eigenvalue weighted by atomic mass is 10.2. The normalized spacial score (nSPS) is 13.9. The lowest BCUT2D eigenvalue weighted by Crippen LogP contribution is -2.28. The molecule has 0 spiro atoms. The van der Waals surface area contributed by atoms with Crippen LogP contribution in [0.25, 0.3) is 6.08 Å². The summed E-state index contributed by atoms with van der Waals surface area (Å²) in [4.78, 5) is 22.9. The molecule has 1 aliphatic carbocycles. The smallest absolute Gasteiger partial charge is 0.331 e. The third-order valence-corrected chi connectivity index (χ3v) is 3.57. The number of ether oxygens (including phenoxy) is 1. The molecule has 1 amide bonds. The van der Waals surface area contributed by atoms with Crippen LogP contribution in [0.2, 0.25) is 0 Å². The minimum atomic E-state index is -0.549. The fourth-order valence-corrected chi connectivity index (χ4v) is 2.41. The molecule has 1 aliphatic rings. The fraction of sp³-hybridized carbons (Fsp3) is 0.412. The van der Waals surface area contributed by atoms with Crippen LogP contribution in [0.15, 0.2) is 12.1 Å². The van der Waals surface area contributed by atoms with Gasteiger partial charge in [0.2, 0.25) is 0 Å². The van der Waals surface area contributed by atoms with Crippen LogP contribution < -0.4 is 5.32 Å². The first-order valence-corrected chi connectivity index (χ1v) is 7.26. The highest BCUT2D eigenvalue weighted by Gasteiger charge is 2.26. The van der Waals surface area contributed by atoms with Gasteiger partial charge in [-0.3, -0.25) is 4.79 Å². The molecule has 1 N–H and O–H groups in total. The molecule has 0 aromatic carbocycles. The maximum absolute atomic E-state index is 11.6. The lowest BCUT2D eigenvalue weighted by molar-refractivity contribution is -0.143. The Morgan fingerprint density at radius 1 is 1.50 bits per heavy atom. The van der Waals surface area contributed by atoms with E-state index in [9.17, 15) is 9.59 Å². The Balaban J connectivity index is 1.89. The van der Waals surface area contributed by atoms with Gasteiger partial charge in [-0.25, -0.2) is 4.79 Å². The highest BCUT2D eigenvalue weighted by Crippen LogP contribution is 2.38. The van der Waals surface area contributed by atoms with Gasteiger partial charge in [0.15, 0.2) is 6.61 Å². The standard InChI is InChI=1S/C17H20N2O3/c1-4-9-18-16(20)11-22-17(21)8-5-14-10-12(2)19(13(14)3)15-6-7-15/h1,5,8,10,15H,6-7,9,11H2,2-3H3,(H,18,20)/b8-5+. The minimum Gasteiger partial charge on any atom is -0.452 e. The largest absolute Gasteiger partial charge is 0.452 e. The number of nitrogens with zero attached hydrogens (tertiary/aromatic N) is 1. The Morgan fingerprint density at radius 2 is 2.23 bits per heavy atom. The second kappa shape index (κ2) is 6.99. The number of rotatable bonds is 6. The van der Waals surface area contributed by atoms with Gasteiger partial charge in [0, 0.05) is 23.5 Å². The van der Waals surface area contributed by atoms with E-state index in [-0.39, 0.29) is 13.2 Å². The van der Waals surface area contributed by atoms with E-state index in [4.69, 9.17) is 11.2 Å². The van der Waals surface area contributed by atoms with Crippen LogP contribution in [0, 0.1) is 26.2 Å². The van der Waals surface area contributed by atoms with Gasteiger partial charge in [-0.15, -0.1) is 6.42 Å². The molecule has 1 saturated carbocycles. The quantitative estimate of drug-likeness (QED) is 0.494. The number of esters is 1. The molecule has 1 heterocycles. The van der Waals surface area contributed by atoms with E-state index in [0.29, 0.717) is 6.04 Å². The highest BCUT2D eigenvalue weighted by atomic mass is 16.5. The maximum atomic E-state index is 11.6. The summed E-state index contributed by atoms with van der Waals surface area (Å²) in [7, 11) is 0. The van der Waals surface area contributed by atoms with Crippen LogP contribution in [-0.2, 0) is 14.3 Å². The fourth-order valence-electron chi connectivity index (χ4n) is 2.41. The molecule has 1 fully saturated rings. The van der Waals surface area contributed by atoms with Crippen molar-refractivity contribution in [3.05, 3.63) is 29.1 Å². The molecule has 22 heavy (non-hydrogen) atoms. The van der Waals surface area contributed by atoms with Crippen LogP contribution in [0.4, 0.5) is 0 Å². The number of hydrogen-bond donors (Lipinski definition) is 1. The lowest BCUT2D eigenvalue weighted by Gasteiger charge is -2.06. The van der Waals surface area contributed by atoms with Crippen molar-refractivity contribution >= 4 is 18.0 Å². The van der Waals surface area contributed by atoms with Gasteiger partial charge in [0.05, 0.1) is 6.54 Å². The monoisotopic (exact) mass is 300 g/mol. The molecule has 5 nitrogen and oxygen atoms in total. The van der Waals surface area contributed by atoms with Crippen LogP contribution in [0.3, 0.4) is 0 Å². The predicted octanol–water partition coefficient (Wildman–Crippen LogP) is 1.75.